The standard InChI is InChI=1S/C16H16FN3O3/c1-9-6-14(20-23-9)19-16(22)13-7-12(13)15(21)18-8-10-2-4-11(17)5-3-10/h2-6,12-13H,7-8H2,1H3,(H,18,21)(H,19,20,22). The Morgan fingerprint density at radius 3 is 2.61 bits per heavy atom. The minimum atomic E-state index is -0.347. The minimum Gasteiger partial charge on any atom is -0.360 e. The fraction of sp³-hybridized carbons (Fsp3) is 0.312. The Hall–Kier alpha value is -2.70. The van der Waals surface area contributed by atoms with Crippen molar-refractivity contribution in [3.05, 3.63) is 47.5 Å². The molecule has 0 radical (unpaired) electrons. The van der Waals surface area contributed by atoms with Crippen molar-refractivity contribution in [1.82, 2.24) is 10.5 Å². The van der Waals surface area contributed by atoms with Gasteiger partial charge in [0.2, 0.25) is 11.8 Å². The number of aromatic nitrogens is 1. The lowest BCUT2D eigenvalue weighted by Crippen LogP contribution is -2.27. The predicted octanol–water partition coefficient (Wildman–Crippen LogP) is 2.01. The molecule has 2 amide bonds. The van der Waals surface area contributed by atoms with E-state index in [1.807, 2.05) is 0 Å². The number of nitrogens with one attached hydrogen (secondary N) is 2. The van der Waals surface area contributed by atoms with E-state index in [4.69, 9.17) is 4.52 Å². The quantitative estimate of drug-likeness (QED) is 0.883. The zero-order valence-electron chi connectivity index (χ0n) is 12.5. The first-order chi connectivity index (χ1) is 11.0. The molecule has 120 valence electrons. The molecule has 2 atom stereocenters. The molecule has 1 aliphatic carbocycles. The molecule has 1 aromatic heterocycles. The first kappa shape index (κ1) is 15.2. The summed E-state index contributed by atoms with van der Waals surface area (Å²) in [5.74, 6) is -0.452. The van der Waals surface area contributed by atoms with E-state index in [9.17, 15) is 14.0 Å². The molecule has 0 saturated heterocycles. The molecule has 0 aliphatic heterocycles. The Labute approximate surface area is 132 Å². The Morgan fingerprint density at radius 1 is 1.26 bits per heavy atom. The summed E-state index contributed by atoms with van der Waals surface area (Å²) in [6, 6.07) is 7.52. The molecule has 2 aromatic rings. The van der Waals surface area contributed by atoms with Gasteiger partial charge in [0.25, 0.3) is 0 Å². The molecule has 1 aliphatic rings. The van der Waals surface area contributed by atoms with E-state index in [1.54, 1.807) is 25.1 Å². The van der Waals surface area contributed by atoms with E-state index >= 15 is 0 Å². The van der Waals surface area contributed by atoms with Crippen LogP contribution in [0.1, 0.15) is 17.7 Å². The van der Waals surface area contributed by atoms with Crippen molar-refractivity contribution in [3.63, 3.8) is 0 Å². The largest absolute Gasteiger partial charge is 0.360 e. The summed E-state index contributed by atoms with van der Waals surface area (Å²) >= 11 is 0. The van der Waals surface area contributed by atoms with Crippen molar-refractivity contribution in [1.29, 1.82) is 0 Å². The van der Waals surface area contributed by atoms with Crippen LogP contribution in [0.15, 0.2) is 34.9 Å². The van der Waals surface area contributed by atoms with Crippen LogP contribution in [0.5, 0.6) is 0 Å². The summed E-state index contributed by atoms with van der Waals surface area (Å²) in [7, 11) is 0. The van der Waals surface area contributed by atoms with Gasteiger partial charge in [0.15, 0.2) is 5.82 Å². The van der Waals surface area contributed by atoms with Crippen LogP contribution in [0, 0.1) is 24.6 Å². The summed E-state index contributed by atoms with van der Waals surface area (Å²) < 4.78 is 17.7. The van der Waals surface area contributed by atoms with Crippen LogP contribution in [0.4, 0.5) is 10.2 Å². The maximum atomic E-state index is 12.8. The number of nitrogens with zero attached hydrogens (tertiary/aromatic N) is 1. The predicted molar refractivity (Wildman–Crippen MR) is 79.7 cm³/mol. The molecular formula is C16H16FN3O3. The summed E-state index contributed by atoms with van der Waals surface area (Å²) in [6.45, 7) is 2.04. The Morgan fingerprint density at radius 2 is 1.96 bits per heavy atom. The second-order valence-electron chi connectivity index (χ2n) is 5.61. The molecular weight excluding hydrogens is 301 g/mol. The van der Waals surface area contributed by atoms with Gasteiger partial charge < -0.3 is 15.2 Å². The van der Waals surface area contributed by atoms with Crippen LogP contribution < -0.4 is 10.6 Å². The minimum absolute atomic E-state index is 0.175. The Bertz CT molecular complexity index is 726. The number of hydrogen-bond acceptors (Lipinski definition) is 4. The third-order valence-corrected chi connectivity index (χ3v) is 3.72. The van der Waals surface area contributed by atoms with Crippen molar-refractivity contribution >= 4 is 17.6 Å². The third kappa shape index (κ3) is 3.74. The number of aryl methyl sites for hydroxylation is 1. The molecule has 1 saturated carbocycles. The van der Waals surface area contributed by atoms with Crippen LogP contribution in [-0.2, 0) is 16.1 Å². The topological polar surface area (TPSA) is 84.2 Å². The maximum absolute atomic E-state index is 12.8. The zero-order valence-corrected chi connectivity index (χ0v) is 12.5. The number of hydrogen-bond donors (Lipinski definition) is 2. The molecule has 1 aromatic carbocycles. The molecule has 0 bridgehead atoms. The lowest BCUT2D eigenvalue weighted by atomic mass is 10.2. The third-order valence-electron chi connectivity index (χ3n) is 3.72. The van der Waals surface area contributed by atoms with E-state index in [2.05, 4.69) is 15.8 Å². The van der Waals surface area contributed by atoms with E-state index < -0.39 is 0 Å². The second kappa shape index (κ2) is 6.20. The van der Waals surface area contributed by atoms with Crippen molar-refractivity contribution in [3.8, 4) is 0 Å². The number of halogens is 1. The van der Waals surface area contributed by atoms with E-state index in [0.29, 0.717) is 24.5 Å². The van der Waals surface area contributed by atoms with Gasteiger partial charge in [0, 0.05) is 12.6 Å². The van der Waals surface area contributed by atoms with Gasteiger partial charge in [-0.25, -0.2) is 4.39 Å². The van der Waals surface area contributed by atoms with Crippen LogP contribution in [-0.4, -0.2) is 17.0 Å². The lowest BCUT2D eigenvalue weighted by Gasteiger charge is -2.05. The molecule has 1 heterocycles. The summed E-state index contributed by atoms with van der Waals surface area (Å²) in [6.07, 6.45) is 0.512. The van der Waals surface area contributed by atoms with Crippen LogP contribution >= 0.6 is 0 Å². The van der Waals surface area contributed by atoms with Crippen molar-refractivity contribution in [2.45, 2.75) is 19.9 Å². The fourth-order valence-corrected chi connectivity index (χ4v) is 2.34. The molecule has 1 fully saturated rings. The van der Waals surface area contributed by atoms with Gasteiger partial charge in [-0.05, 0) is 31.0 Å². The summed E-state index contributed by atoms with van der Waals surface area (Å²) in [5, 5.41) is 9.06. The summed E-state index contributed by atoms with van der Waals surface area (Å²) in [4.78, 5) is 24.0. The molecule has 3 rings (SSSR count). The first-order valence-corrected chi connectivity index (χ1v) is 7.29. The summed E-state index contributed by atoms with van der Waals surface area (Å²) in [5.41, 5.74) is 0.805. The fourth-order valence-electron chi connectivity index (χ4n) is 2.34. The van der Waals surface area contributed by atoms with Gasteiger partial charge in [0.05, 0.1) is 11.8 Å². The highest BCUT2D eigenvalue weighted by molar-refractivity contribution is 5.99. The van der Waals surface area contributed by atoms with Gasteiger partial charge in [-0.15, -0.1) is 0 Å². The monoisotopic (exact) mass is 317 g/mol. The average Bonchev–Trinajstić information content (AvgIpc) is 3.24. The Balaban J connectivity index is 1.46. The second-order valence-corrected chi connectivity index (χ2v) is 5.61. The molecule has 2 N–H and O–H groups in total. The maximum Gasteiger partial charge on any atom is 0.229 e. The van der Waals surface area contributed by atoms with Crippen molar-refractivity contribution in [2.24, 2.45) is 11.8 Å². The number of amides is 2. The van der Waals surface area contributed by atoms with Gasteiger partial charge in [-0.3, -0.25) is 9.59 Å². The molecule has 23 heavy (non-hydrogen) atoms. The highest BCUT2D eigenvalue weighted by Gasteiger charge is 2.48. The van der Waals surface area contributed by atoms with E-state index in [1.165, 1.54) is 12.1 Å². The number of rotatable bonds is 5. The smallest absolute Gasteiger partial charge is 0.229 e. The van der Waals surface area contributed by atoms with E-state index in [-0.39, 0.29) is 29.5 Å². The molecule has 2 unspecified atom stereocenters. The van der Waals surface area contributed by atoms with Crippen LogP contribution in [0.25, 0.3) is 0 Å². The molecule has 7 heteroatoms. The van der Waals surface area contributed by atoms with Crippen molar-refractivity contribution in [2.75, 3.05) is 5.32 Å². The highest BCUT2D eigenvalue weighted by atomic mass is 19.1. The molecule has 6 nitrogen and oxygen atoms in total. The molecule has 0 spiro atoms. The number of carbonyl (C=O) groups excluding carboxylic acids is 2. The lowest BCUT2D eigenvalue weighted by molar-refractivity contribution is -0.125. The Kier molecular flexibility index (Phi) is 4.10. The van der Waals surface area contributed by atoms with Gasteiger partial charge in [0.1, 0.15) is 11.6 Å². The first-order valence-electron chi connectivity index (χ1n) is 7.29. The van der Waals surface area contributed by atoms with Gasteiger partial charge in [-0.1, -0.05) is 17.3 Å². The van der Waals surface area contributed by atoms with Crippen LogP contribution in [0.3, 0.4) is 0 Å². The van der Waals surface area contributed by atoms with E-state index in [0.717, 1.165) is 5.56 Å². The number of benzene rings is 1. The SMILES string of the molecule is Cc1cc(NC(=O)C2CC2C(=O)NCc2ccc(F)cc2)no1. The number of carbonyl (C=O) groups is 2. The highest BCUT2D eigenvalue weighted by Crippen LogP contribution is 2.39. The van der Waals surface area contributed by atoms with Crippen LogP contribution in [0.2, 0.25) is 0 Å². The van der Waals surface area contributed by atoms with Crippen molar-refractivity contribution < 1.29 is 18.5 Å². The normalized spacial score (nSPS) is 19.2. The zero-order chi connectivity index (χ0) is 16.4. The number of anilines is 1. The average molecular weight is 317 g/mol. The van der Waals surface area contributed by atoms with Gasteiger partial charge in [-0.2, -0.15) is 0 Å². The van der Waals surface area contributed by atoms with Gasteiger partial charge >= 0.3 is 0 Å².